The summed E-state index contributed by atoms with van der Waals surface area (Å²) in [6.07, 6.45) is 10.6. The van der Waals surface area contributed by atoms with Gasteiger partial charge in [-0.25, -0.2) is 9.97 Å². The van der Waals surface area contributed by atoms with Crippen LogP contribution in [0, 0.1) is 5.92 Å². The number of aryl methyl sites for hydroxylation is 1. The molecule has 1 saturated carbocycles. The smallest absolute Gasteiger partial charge is 0.115 e. The molecule has 1 N–H and O–H groups in total. The molecule has 0 bridgehead atoms. The molecule has 2 aliphatic rings. The monoisotopic (exact) mass is 231 g/mol. The second kappa shape index (κ2) is 4.73. The highest BCUT2D eigenvalue weighted by molar-refractivity contribution is 5.28. The zero-order valence-electron chi connectivity index (χ0n) is 10.6. The highest BCUT2D eigenvalue weighted by atomic mass is 14.9. The van der Waals surface area contributed by atoms with Crippen LogP contribution in [0.5, 0.6) is 0 Å². The first kappa shape index (κ1) is 11.1. The average molecular weight is 231 g/mol. The summed E-state index contributed by atoms with van der Waals surface area (Å²) >= 11 is 0. The standard InChI is InChI=1S/C14H21N3/c1-15-13(10-6-7-10)8-14-11-4-2-3-5-12(11)16-9-17-14/h9-10,13,15H,2-8H2,1H3. The maximum absolute atomic E-state index is 4.54. The molecule has 0 aromatic carbocycles. The first-order valence-corrected chi connectivity index (χ1v) is 6.87. The van der Waals surface area contributed by atoms with E-state index in [0.717, 1.165) is 18.8 Å². The minimum Gasteiger partial charge on any atom is -0.316 e. The second-order valence-electron chi connectivity index (χ2n) is 5.39. The summed E-state index contributed by atoms with van der Waals surface area (Å²) in [6, 6.07) is 0.621. The van der Waals surface area contributed by atoms with Gasteiger partial charge in [0.15, 0.2) is 0 Å². The number of likely N-dealkylation sites (N-methyl/N-ethyl adjacent to an activating group) is 1. The van der Waals surface area contributed by atoms with E-state index in [0.29, 0.717) is 6.04 Å². The lowest BCUT2D eigenvalue weighted by Gasteiger charge is -2.20. The maximum Gasteiger partial charge on any atom is 0.115 e. The maximum atomic E-state index is 4.54. The Morgan fingerprint density at radius 2 is 2.12 bits per heavy atom. The molecule has 1 fully saturated rings. The summed E-state index contributed by atoms with van der Waals surface area (Å²) in [5.41, 5.74) is 4.08. The van der Waals surface area contributed by atoms with Gasteiger partial charge in [-0.05, 0) is 57.1 Å². The Morgan fingerprint density at radius 3 is 2.88 bits per heavy atom. The van der Waals surface area contributed by atoms with E-state index in [9.17, 15) is 0 Å². The van der Waals surface area contributed by atoms with E-state index in [1.807, 2.05) is 0 Å². The minimum atomic E-state index is 0.621. The molecular weight excluding hydrogens is 210 g/mol. The number of fused-ring (bicyclic) bond motifs is 1. The molecular formula is C14H21N3. The summed E-state index contributed by atoms with van der Waals surface area (Å²) in [7, 11) is 2.08. The van der Waals surface area contributed by atoms with Gasteiger partial charge in [0.2, 0.25) is 0 Å². The van der Waals surface area contributed by atoms with E-state index in [-0.39, 0.29) is 0 Å². The van der Waals surface area contributed by atoms with Crippen LogP contribution in [0.3, 0.4) is 0 Å². The predicted octanol–water partition coefficient (Wildman–Crippen LogP) is 1.90. The van der Waals surface area contributed by atoms with E-state index < -0.39 is 0 Å². The van der Waals surface area contributed by atoms with Gasteiger partial charge in [-0.1, -0.05) is 0 Å². The van der Waals surface area contributed by atoms with Crippen LogP contribution < -0.4 is 5.32 Å². The molecule has 3 rings (SSSR count). The predicted molar refractivity (Wildman–Crippen MR) is 67.9 cm³/mol. The fourth-order valence-corrected chi connectivity index (χ4v) is 2.98. The number of aromatic nitrogens is 2. The van der Waals surface area contributed by atoms with Gasteiger partial charge in [-0.3, -0.25) is 0 Å². The van der Waals surface area contributed by atoms with Crippen LogP contribution >= 0.6 is 0 Å². The Labute approximate surface area is 103 Å². The summed E-state index contributed by atoms with van der Waals surface area (Å²) in [4.78, 5) is 8.98. The largest absolute Gasteiger partial charge is 0.316 e. The van der Waals surface area contributed by atoms with E-state index in [1.54, 1.807) is 6.33 Å². The molecule has 92 valence electrons. The molecule has 0 radical (unpaired) electrons. The topological polar surface area (TPSA) is 37.8 Å². The van der Waals surface area contributed by atoms with E-state index in [2.05, 4.69) is 22.3 Å². The van der Waals surface area contributed by atoms with Gasteiger partial charge < -0.3 is 5.32 Å². The lowest BCUT2D eigenvalue weighted by molar-refractivity contribution is 0.490. The van der Waals surface area contributed by atoms with Crippen molar-refractivity contribution in [1.82, 2.24) is 15.3 Å². The third-order valence-electron chi connectivity index (χ3n) is 4.19. The van der Waals surface area contributed by atoms with Gasteiger partial charge >= 0.3 is 0 Å². The highest BCUT2D eigenvalue weighted by Gasteiger charge is 2.31. The lowest BCUT2D eigenvalue weighted by Crippen LogP contribution is -2.31. The Balaban J connectivity index is 1.81. The summed E-state index contributed by atoms with van der Waals surface area (Å²) in [5.74, 6) is 0.884. The molecule has 3 heteroatoms. The van der Waals surface area contributed by atoms with Crippen molar-refractivity contribution in [2.75, 3.05) is 7.05 Å². The number of rotatable bonds is 4. The Morgan fingerprint density at radius 1 is 1.29 bits per heavy atom. The van der Waals surface area contributed by atoms with Crippen molar-refractivity contribution >= 4 is 0 Å². The minimum absolute atomic E-state index is 0.621. The molecule has 1 heterocycles. The molecule has 0 amide bonds. The van der Waals surface area contributed by atoms with Crippen LogP contribution in [0.2, 0.25) is 0 Å². The highest BCUT2D eigenvalue weighted by Crippen LogP contribution is 2.34. The van der Waals surface area contributed by atoms with E-state index in [4.69, 9.17) is 0 Å². The zero-order chi connectivity index (χ0) is 11.7. The number of nitrogens with one attached hydrogen (secondary N) is 1. The van der Waals surface area contributed by atoms with Crippen LogP contribution in [0.15, 0.2) is 6.33 Å². The third kappa shape index (κ3) is 2.34. The summed E-state index contributed by atoms with van der Waals surface area (Å²) in [5, 5.41) is 3.46. The normalized spacial score (nSPS) is 21.0. The SMILES string of the molecule is CNC(Cc1ncnc2c1CCCC2)C1CC1. The van der Waals surface area contributed by atoms with Crippen molar-refractivity contribution in [2.45, 2.75) is 51.0 Å². The molecule has 1 aromatic rings. The molecule has 1 atom stereocenters. The molecule has 0 aliphatic heterocycles. The fourth-order valence-electron chi connectivity index (χ4n) is 2.98. The fraction of sp³-hybridized carbons (Fsp3) is 0.714. The van der Waals surface area contributed by atoms with Crippen molar-refractivity contribution in [2.24, 2.45) is 5.92 Å². The Bertz CT molecular complexity index is 398. The van der Waals surface area contributed by atoms with E-state index >= 15 is 0 Å². The van der Waals surface area contributed by atoms with Crippen molar-refractivity contribution in [1.29, 1.82) is 0 Å². The molecule has 0 spiro atoms. The molecule has 0 saturated heterocycles. The first-order valence-electron chi connectivity index (χ1n) is 6.87. The Hall–Kier alpha value is -0.960. The van der Waals surface area contributed by atoms with Crippen molar-refractivity contribution < 1.29 is 0 Å². The van der Waals surface area contributed by atoms with Crippen LogP contribution in [0.4, 0.5) is 0 Å². The van der Waals surface area contributed by atoms with Crippen LogP contribution in [0.1, 0.15) is 42.6 Å². The van der Waals surface area contributed by atoms with E-state index in [1.165, 1.54) is 49.1 Å². The van der Waals surface area contributed by atoms with Crippen molar-refractivity contribution in [3.63, 3.8) is 0 Å². The molecule has 3 nitrogen and oxygen atoms in total. The van der Waals surface area contributed by atoms with Crippen LogP contribution in [-0.4, -0.2) is 23.1 Å². The van der Waals surface area contributed by atoms with Crippen molar-refractivity contribution in [3.8, 4) is 0 Å². The summed E-state index contributed by atoms with van der Waals surface area (Å²) < 4.78 is 0. The molecule has 17 heavy (non-hydrogen) atoms. The van der Waals surface area contributed by atoms with Gasteiger partial charge in [-0.15, -0.1) is 0 Å². The zero-order valence-corrected chi connectivity index (χ0v) is 10.6. The summed E-state index contributed by atoms with van der Waals surface area (Å²) in [6.45, 7) is 0. The second-order valence-corrected chi connectivity index (χ2v) is 5.39. The van der Waals surface area contributed by atoms with Gasteiger partial charge in [0, 0.05) is 23.9 Å². The first-order chi connectivity index (χ1) is 8.38. The van der Waals surface area contributed by atoms with Gasteiger partial charge in [0.05, 0.1) is 0 Å². The molecule has 2 aliphatic carbocycles. The van der Waals surface area contributed by atoms with Crippen LogP contribution in [-0.2, 0) is 19.3 Å². The van der Waals surface area contributed by atoms with Gasteiger partial charge in [-0.2, -0.15) is 0 Å². The van der Waals surface area contributed by atoms with Gasteiger partial charge in [0.25, 0.3) is 0 Å². The third-order valence-corrected chi connectivity index (χ3v) is 4.19. The average Bonchev–Trinajstić information content (AvgIpc) is 3.20. The molecule has 1 unspecified atom stereocenters. The van der Waals surface area contributed by atoms with Crippen LogP contribution in [0.25, 0.3) is 0 Å². The quantitative estimate of drug-likeness (QED) is 0.860. The van der Waals surface area contributed by atoms with Crippen molar-refractivity contribution in [3.05, 3.63) is 23.3 Å². The number of hydrogen-bond acceptors (Lipinski definition) is 3. The number of nitrogens with zero attached hydrogens (tertiary/aromatic N) is 2. The van der Waals surface area contributed by atoms with Gasteiger partial charge in [0.1, 0.15) is 6.33 Å². The molecule has 1 aromatic heterocycles. The number of hydrogen-bond donors (Lipinski definition) is 1. The Kier molecular flexibility index (Phi) is 3.10. The lowest BCUT2D eigenvalue weighted by atomic mass is 9.92.